The normalized spacial score (nSPS) is 10.9. The number of rotatable bonds is 7. The van der Waals surface area contributed by atoms with E-state index in [9.17, 15) is 18.0 Å². The maximum atomic E-state index is 11.4. The van der Waals surface area contributed by atoms with Gasteiger partial charge in [-0.3, -0.25) is 0 Å². The van der Waals surface area contributed by atoms with Crippen molar-refractivity contribution in [3.05, 3.63) is 35.4 Å². The number of hydrogen-bond donors (Lipinski definition) is 4. The number of nitrogens with one attached hydrogen (secondary N) is 2. The number of aromatic carboxylic acids is 1. The summed E-state index contributed by atoms with van der Waals surface area (Å²) < 4.78 is 21.4. The molecule has 1 aromatic carbocycles. The SMILES string of the molecule is NS(=O)(=O)CCCNC(=O)NCc1cccc(C(=O)O)c1. The summed E-state index contributed by atoms with van der Waals surface area (Å²) in [5, 5.41) is 18.7. The molecule has 116 valence electrons. The van der Waals surface area contributed by atoms with E-state index in [1.54, 1.807) is 12.1 Å². The van der Waals surface area contributed by atoms with E-state index in [0.717, 1.165) is 0 Å². The summed E-state index contributed by atoms with van der Waals surface area (Å²) in [6, 6.07) is 5.73. The fourth-order valence-electron chi connectivity index (χ4n) is 1.53. The molecule has 1 aromatic rings. The van der Waals surface area contributed by atoms with Crippen LogP contribution in [0.3, 0.4) is 0 Å². The first-order valence-electron chi connectivity index (χ1n) is 6.12. The molecule has 0 aliphatic carbocycles. The molecule has 1 rings (SSSR count). The van der Waals surface area contributed by atoms with Gasteiger partial charge in [0.1, 0.15) is 0 Å². The highest BCUT2D eigenvalue weighted by Crippen LogP contribution is 2.04. The van der Waals surface area contributed by atoms with Crippen molar-refractivity contribution < 1.29 is 23.1 Å². The minimum atomic E-state index is -3.52. The van der Waals surface area contributed by atoms with Crippen molar-refractivity contribution in [3.8, 4) is 0 Å². The number of carbonyl (C=O) groups is 2. The third-order valence-corrected chi connectivity index (χ3v) is 3.38. The van der Waals surface area contributed by atoms with Gasteiger partial charge in [0.2, 0.25) is 10.0 Å². The topological polar surface area (TPSA) is 139 Å². The zero-order chi connectivity index (χ0) is 15.9. The Morgan fingerprint density at radius 1 is 1.24 bits per heavy atom. The number of urea groups is 1. The van der Waals surface area contributed by atoms with Gasteiger partial charge in [-0.2, -0.15) is 0 Å². The molecule has 0 fully saturated rings. The molecule has 21 heavy (non-hydrogen) atoms. The van der Waals surface area contributed by atoms with Crippen LogP contribution < -0.4 is 15.8 Å². The molecule has 0 aliphatic rings. The van der Waals surface area contributed by atoms with Crippen molar-refractivity contribution in [1.29, 1.82) is 0 Å². The molecule has 0 radical (unpaired) electrons. The second-order valence-electron chi connectivity index (χ2n) is 4.34. The molecule has 0 bridgehead atoms. The van der Waals surface area contributed by atoms with Crippen LogP contribution in [0, 0.1) is 0 Å². The highest BCUT2D eigenvalue weighted by molar-refractivity contribution is 7.89. The van der Waals surface area contributed by atoms with Crippen molar-refractivity contribution in [2.75, 3.05) is 12.3 Å². The van der Waals surface area contributed by atoms with Crippen LogP contribution in [-0.4, -0.2) is 37.8 Å². The molecule has 0 heterocycles. The second kappa shape index (κ2) is 7.60. The fourth-order valence-corrected chi connectivity index (χ4v) is 2.08. The predicted molar refractivity (Wildman–Crippen MR) is 76.2 cm³/mol. The van der Waals surface area contributed by atoms with Gasteiger partial charge in [0.05, 0.1) is 11.3 Å². The summed E-state index contributed by atoms with van der Waals surface area (Å²) in [4.78, 5) is 22.2. The number of nitrogens with two attached hydrogens (primary N) is 1. The van der Waals surface area contributed by atoms with Crippen molar-refractivity contribution in [2.24, 2.45) is 5.14 Å². The Balaban J connectivity index is 2.33. The number of carboxylic acid groups (broad SMARTS) is 1. The highest BCUT2D eigenvalue weighted by Gasteiger charge is 2.06. The number of sulfonamides is 1. The van der Waals surface area contributed by atoms with E-state index in [1.807, 2.05) is 0 Å². The molecule has 0 spiro atoms. The van der Waals surface area contributed by atoms with Crippen molar-refractivity contribution in [1.82, 2.24) is 10.6 Å². The van der Waals surface area contributed by atoms with Crippen LogP contribution >= 0.6 is 0 Å². The number of benzene rings is 1. The van der Waals surface area contributed by atoms with Gasteiger partial charge in [-0.1, -0.05) is 12.1 Å². The number of primary sulfonamides is 1. The third-order valence-electron chi connectivity index (χ3n) is 2.52. The lowest BCUT2D eigenvalue weighted by atomic mass is 10.1. The highest BCUT2D eigenvalue weighted by atomic mass is 32.2. The van der Waals surface area contributed by atoms with Gasteiger partial charge in [0.15, 0.2) is 0 Å². The monoisotopic (exact) mass is 315 g/mol. The third kappa shape index (κ3) is 7.28. The molecule has 0 aromatic heterocycles. The molecule has 0 saturated carbocycles. The summed E-state index contributed by atoms with van der Waals surface area (Å²) in [7, 11) is -3.52. The quantitative estimate of drug-likeness (QED) is 0.519. The van der Waals surface area contributed by atoms with Crippen molar-refractivity contribution in [2.45, 2.75) is 13.0 Å². The molecule has 0 aliphatic heterocycles. The van der Waals surface area contributed by atoms with Crippen molar-refractivity contribution >= 4 is 22.0 Å². The maximum absolute atomic E-state index is 11.4. The number of carboxylic acids is 1. The van der Waals surface area contributed by atoms with Gasteiger partial charge in [-0.15, -0.1) is 0 Å². The molecular formula is C12H17N3O5S. The van der Waals surface area contributed by atoms with Crippen LogP contribution in [-0.2, 0) is 16.6 Å². The first-order chi connectivity index (χ1) is 9.78. The Kier molecular flexibility index (Phi) is 6.12. The van der Waals surface area contributed by atoms with E-state index in [2.05, 4.69) is 10.6 Å². The zero-order valence-electron chi connectivity index (χ0n) is 11.2. The van der Waals surface area contributed by atoms with E-state index in [-0.39, 0.29) is 30.8 Å². The first-order valence-corrected chi connectivity index (χ1v) is 7.84. The van der Waals surface area contributed by atoms with E-state index < -0.39 is 22.0 Å². The fraction of sp³-hybridized carbons (Fsp3) is 0.333. The first kappa shape index (κ1) is 16.9. The van der Waals surface area contributed by atoms with Crippen LogP contribution in [0.15, 0.2) is 24.3 Å². The molecular weight excluding hydrogens is 298 g/mol. The Hall–Kier alpha value is -2.13. The number of carbonyl (C=O) groups excluding carboxylic acids is 1. The molecule has 0 atom stereocenters. The Bertz CT molecular complexity index is 615. The lowest BCUT2D eigenvalue weighted by Gasteiger charge is -2.08. The van der Waals surface area contributed by atoms with E-state index in [1.165, 1.54) is 12.1 Å². The van der Waals surface area contributed by atoms with E-state index in [0.29, 0.717) is 5.56 Å². The van der Waals surface area contributed by atoms with Gasteiger partial charge in [-0.25, -0.2) is 23.1 Å². The van der Waals surface area contributed by atoms with Gasteiger partial charge >= 0.3 is 12.0 Å². The lowest BCUT2D eigenvalue weighted by Crippen LogP contribution is -2.36. The van der Waals surface area contributed by atoms with Crippen LogP contribution in [0.2, 0.25) is 0 Å². The molecule has 8 nitrogen and oxygen atoms in total. The van der Waals surface area contributed by atoms with Crippen molar-refractivity contribution in [3.63, 3.8) is 0 Å². The summed E-state index contributed by atoms with van der Waals surface area (Å²) in [5.74, 6) is -1.24. The minimum Gasteiger partial charge on any atom is -0.478 e. The van der Waals surface area contributed by atoms with Gasteiger partial charge < -0.3 is 15.7 Å². The summed E-state index contributed by atoms with van der Waals surface area (Å²) in [6.45, 7) is 0.347. The smallest absolute Gasteiger partial charge is 0.335 e. The molecule has 0 saturated heterocycles. The summed E-state index contributed by atoms with van der Waals surface area (Å²) >= 11 is 0. The second-order valence-corrected chi connectivity index (χ2v) is 6.07. The average Bonchev–Trinajstić information content (AvgIpc) is 2.40. The van der Waals surface area contributed by atoms with E-state index in [4.69, 9.17) is 10.2 Å². The Morgan fingerprint density at radius 3 is 2.57 bits per heavy atom. The molecule has 9 heteroatoms. The van der Waals surface area contributed by atoms with E-state index >= 15 is 0 Å². The number of hydrogen-bond acceptors (Lipinski definition) is 4. The zero-order valence-corrected chi connectivity index (χ0v) is 12.0. The molecule has 0 unspecified atom stereocenters. The lowest BCUT2D eigenvalue weighted by molar-refractivity contribution is 0.0696. The largest absolute Gasteiger partial charge is 0.478 e. The average molecular weight is 315 g/mol. The molecule has 5 N–H and O–H groups in total. The van der Waals surface area contributed by atoms with Gasteiger partial charge in [-0.05, 0) is 24.1 Å². The molecule has 2 amide bonds. The van der Waals surface area contributed by atoms with Crippen LogP contribution in [0.5, 0.6) is 0 Å². The van der Waals surface area contributed by atoms with Crippen LogP contribution in [0.25, 0.3) is 0 Å². The Labute approximate surface area is 122 Å². The standard InChI is InChI=1S/C12H17N3O5S/c13-21(19,20)6-2-5-14-12(18)15-8-9-3-1-4-10(7-9)11(16)17/h1,3-4,7H,2,5-6,8H2,(H,16,17)(H2,13,19,20)(H2,14,15,18). The van der Waals surface area contributed by atoms with Crippen LogP contribution in [0.4, 0.5) is 4.79 Å². The van der Waals surface area contributed by atoms with Gasteiger partial charge in [0, 0.05) is 13.1 Å². The Morgan fingerprint density at radius 2 is 1.95 bits per heavy atom. The maximum Gasteiger partial charge on any atom is 0.335 e. The summed E-state index contributed by atoms with van der Waals surface area (Å²) in [6.07, 6.45) is 0.223. The summed E-state index contributed by atoms with van der Waals surface area (Å²) in [5.41, 5.74) is 0.789. The minimum absolute atomic E-state index is 0.142. The number of amides is 2. The predicted octanol–water partition coefficient (Wildman–Crippen LogP) is -0.137. The van der Waals surface area contributed by atoms with Gasteiger partial charge in [0.25, 0.3) is 0 Å². The van der Waals surface area contributed by atoms with Crippen LogP contribution in [0.1, 0.15) is 22.3 Å².